The molecular weight excluding hydrogens is 417 g/mol. The van der Waals surface area contributed by atoms with Crippen molar-refractivity contribution in [1.29, 1.82) is 0 Å². The first kappa shape index (κ1) is 18.4. The number of amides is 2. The fourth-order valence-corrected chi connectivity index (χ4v) is 2.63. The van der Waals surface area contributed by atoms with Crippen LogP contribution in [-0.4, -0.2) is 24.6 Å². The molecule has 0 aromatic heterocycles. The summed E-state index contributed by atoms with van der Waals surface area (Å²) in [7, 11) is 0. The summed E-state index contributed by atoms with van der Waals surface area (Å²) in [6.07, 6.45) is 1.35. The largest absolute Gasteiger partial charge is 0.343 e. The summed E-state index contributed by atoms with van der Waals surface area (Å²) in [5.74, 6) is -0.831. The number of hydrazone groups is 1. The van der Waals surface area contributed by atoms with Crippen molar-refractivity contribution in [2.24, 2.45) is 5.10 Å². The van der Waals surface area contributed by atoms with Gasteiger partial charge in [0.1, 0.15) is 0 Å². The summed E-state index contributed by atoms with van der Waals surface area (Å²) in [5, 5.41) is 7.12. The molecule has 0 saturated heterocycles. The lowest BCUT2D eigenvalue weighted by Crippen LogP contribution is -2.34. The van der Waals surface area contributed by atoms with Crippen LogP contribution in [-0.2, 0) is 4.79 Å². The Morgan fingerprint density at radius 1 is 1.12 bits per heavy atom. The number of nitrogens with one attached hydrogen (secondary N) is 2. The Morgan fingerprint density at radius 2 is 1.79 bits per heavy atom. The van der Waals surface area contributed by atoms with Gasteiger partial charge in [-0.2, -0.15) is 5.10 Å². The molecule has 5 nitrogen and oxygen atoms in total. The molecule has 0 aliphatic rings. The van der Waals surface area contributed by atoms with Gasteiger partial charge in [-0.1, -0.05) is 51.3 Å². The minimum Gasteiger partial charge on any atom is -0.343 e. The Morgan fingerprint density at radius 3 is 2.46 bits per heavy atom. The predicted molar refractivity (Wildman–Crippen MR) is 98.7 cm³/mol. The van der Waals surface area contributed by atoms with E-state index in [9.17, 15) is 9.59 Å². The summed E-state index contributed by atoms with van der Waals surface area (Å²) in [5.41, 5.74) is 3.24. The molecule has 2 amide bonds. The quantitative estimate of drug-likeness (QED) is 0.563. The van der Waals surface area contributed by atoms with Crippen molar-refractivity contribution >= 4 is 57.2 Å². The second-order valence-corrected chi connectivity index (χ2v) is 6.35. The standard InChI is InChI=1S/C16H12BrCl2N3O2/c17-11-4-1-3-10(7-11)16(24)20-9-15(23)22-21-8-12-13(18)5-2-6-14(12)19/h1-8H,9H2,(H,20,24)(H,22,23). The number of carbonyl (C=O) groups excluding carboxylic acids is 2. The third kappa shape index (κ3) is 5.33. The monoisotopic (exact) mass is 427 g/mol. The first-order chi connectivity index (χ1) is 11.5. The molecule has 2 aromatic carbocycles. The van der Waals surface area contributed by atoms with Crippen LogP contribution in [0, 0.1) is 0 Å². The molecule has 0 radical (unpaired) electrons. The van der Waals surface area contributed by atoms with Crippen molar-refractivity contribution in [3.05, 3.63) is 68.1 Å². The van der Waals surface area contributed by atoms with E-state index in [4.69, 9.17) is 23.2 Å². The van der Waals surface area contributed by atoms with Gasteiger partial charge in [0.05, 0.1) is 22.8 Å². The van der Waals surface area contributed by atoms with Gasteiger partial charge in [-0.3, -0.25) is 9.59 Å². The SMILES string of the molecule is O=C(CNC(=O)c1cccc(Br)c1)NN=Cc1c(Cl)cccc1Cl. The Labute approximate surface area is 157 Å². The molecule has 0 spiro atoms. The zero-order valence-corrected chi connectivity index (χ0v) is 15.3. The maximum Gasteiger partial charge on any atom is 0.259 e. The van der Waals surface area contributed by atoms with E-state index in [0.717, 1.165) is 4.47 Å². The number of halogens is 3. The van der Waals surface area contributed by atoms with E-state index in [0.29, 0.717) is 21.2 Å². The summed E-state index contributed by atoms with van der Waals surface area (Å²) >= 11 is 15.2. The highest BCUT2D eigenvalue weighted by atomic mass is 79.9. The van der Waals surface area contributed by atoms with Gasteiger partial charge in [-0.25, -0.2) is 5.43 Å². The lowest BCUT2D eigenvalue weighted by molar-refractivity contribution is -0.120. The second-order valence-electron chi connectivity index (χ2n) is 4.62. The molecule has 8 heteroatoms. The van der Waals surface area contributed by atoms with E-state index in [1.54, 1.807) is 42.5 Å². The number of hydrogen-bond donors (Lipinski definition) is 2. The highest BCUT2D eigenvalue weighted by Crippen LogP contribution is 2.21. The summed E-state index contributed by atoms with van der Waals surface area (Å²) in [4.78, 5) is 23.6. The third-order valence-corrected chi connectivity index (χ3v) is 4.03. The Hall–Kier alpha value is -1.89. The van der Waals surface area contributed by atoms with Crippen LogP contribution in [0.2, 0.25) is 10.0 Å². The smallest absolute Gasteiger partial charge is 0.259 e. The number of carbonyl (C=O) groups is 2. The van der Waals surface area contributed by atoms with Crippen LogP contribution in [0.15, 0.2) is 52.0 Å². The fraction of sp³-hybridized carbons (Fsp3) is 0.0625. The molecular formula is C16H12BrCl2N3O2. The minimum absolute atomic E-state index is 0.209. The molecule has 2 N–H and O–H groups in total. The van der Waals surface area contributed by atoms with Gasteiger partial charge in [-0.05, 0) is 30.3 Å². The molecule has 0 heterocycles. The van der Waals surface area contributed by atoms with Crippen LogP contribution in [0.4, 0.5) is 0 Å². The zero-order valence-electron chi connectivity index (χ0n) is 12.2. The van der Waals surface area contributed by atoms with Gasteiger partial charge in [0, 0.05) is 15.6 Å². The number of benzene rings is 2. The van der Waals surface area contributed by atoms with Gasteiger partial charge in [0.15, 0.2) is 0 Å². The summed E-state index contributed by atoms with van der Waals surface area (Å²) < 4.78 is 0.779. The molecule has 0 saturated carbocycles. The Balaban J connectivity index is 1.85. The molecule has 0 bridgehead atoms. The highest BCUT2D eigenvalue weighted by Gasteiger charge is 2.08. The first-order valence-electron chi connectivity index (χ1n) is 6.77. The number of rotatable bonds is 5. The molecule has 0 fully saturated rings. The maximum absolute atomic E-state index is 11.9. The van der Waals surface area contributed by atoms with Crippen molar-refractivity contribution < 1.29 is 9.59 Å². The van der Waals surface area contributed by atoms with Crippen LogP contribution >= 0.6 is 39.1 Å². The predicted octanol–water partition coefficient (Wildman–Crippen LogP) is 3.64. The minimum atomic E-state index is -0.474. The van der Waals surface area contributed by atoms with E-state index in [1.165, 1.54) is 6.21 Å². The molecule has 2 aromatic rings. The van der Waals surface area contributed by atoms with Gasteiger partial charge < -0.3 is 5.32 Å². The van der Waals surface area contributed by atoms with Gasteiger partial charge in [0.2, 0.25) is 0 Å². The fourth-order valence-electron chi connectivity index (χ4n) is 1.73. The molecule has 0 aliphatic carbocycles. The normalized spacial score (nSPS) is 10.6. The molecule has 24 heavy (non-hydrogen) atoms. The van der Waals surface area contributed by atoms with E-state index in [-0.39, 0.29) is 12.5 Å². The van der Waals surface area contributed by atoms with Crippen LogP contribution in [0.1, 0.15) is 15.9 Å². The number of nitrogens with zero attached hydrogens (tertiary/aromatic N) is 1. The van der Waals surface area contributed by atoms with Gasteiger partial charge >= 0.3 is 0 Å². The average Bonchev–Trinajstić information content (AvgIpc) is 2.55. The van der Waals surface area contributed by atoms with Gasteiger partial charge in [-0.15, -0.1) is 0 Å². The van der Waals surface area contributed by atoms with E-state index in [1.807, 2.05) is 0 Å². The number of hydrogen-bond acceptors (Lipinski definition) is 3. The molecule has 0 atom stereocenters. The lowest BCUT2D eigenvalue weighted by atomic mass is 10.2. The summed E-state index contributed by atoms with van der Waals surface area (Å²) in [6, 6.07) is 11.9. The first-order valence-corrected chi connectivity index (χ1v) is 8.32. The van der Waals surface area contributed by atoms with Crippen molar-refractivity contribution in [3.8, 4) is 0 Å². The summed E-state index contributed by atoms with van der Waals surface area (Å²) in [6.45, 7) is -0.209. The second kappa shape index (κ2) is 8.82. The zero-order chi connectivity index (χ0) is 17.5. The van der Waals surface area contributed by atoms with Crippen molar-refractivity contribution in [1.82, 2.24) is 10.7 Å². The Kier molecular flexibility index (Phi) is 6.78. The van der Waals surface area contributed by atoms with Crippen LogP contribution in [0.5, 0.6) is 0 Å². The lowest BCUT2D eigenvalue weighted by Gasteiger charge is -2.05. The maximum atomic E-state index is 11.9. The van der Waals surface area contributed by atoms with Crippen LogP contribution < -0.4 is 10.7 Å². The van der Waals surface area contributed by atoms with Gasteiger partial charge in [0.25, 0.3) is 11.8 Å². The molecule has 124 valence electrons. The van der Waals surface area contributed by atoms with Crippen LogP contribution in [0.3, 0.4) is 0 Å². The molecule has 0 aliphatic heterocycles. The van der Waals surface area contributed by atoms with E-state index in [2.05, 4.69) is 31.8 Å². The third-order valence-electron chi connectivity index (χ3n) is 2.88. The molecule has 2 rings (SSSR count). The molecule has 0 unspecified atom stereocenters. The van der Waals surface area contributed by atoms with Crippen molar-refractivity contribution in [2.45, 2.75) is 0 Å². The topological polar surface area (TPSA) is 70.6 Å². The van der Waals surface area contributed by atoms with E-state index < -0.39 is 5.91 Å². The van der Waals surface area contributed by atoms with E-state index >= 15 is 0 Å². The highest BCUT2D eigenvalue weighted by molar-refractivity contribution is 9.10. The van der Waals surface area contributed by atoms with Crippen molar-refractivity contribution in [3.63, 3.8) is 0 Å². The Bertz CT molecular complexity index is 776. The average molecular weight is 429 g/mol. The van der Waals surface area contributed by atoms with Crippen LogP contribution in [0.25, 0.3) is 0 Å². The van der Waals surface area contributed by atoms with Crippen molar-refractivity contribution in [2.75, 3.05) is 6.54 Å².